The Hall–Kier alpha value is -1.28. The van der Waals surface area contributed by atoms with Crippen LogP contribution in [0.15, 0.2) is 34.9 Å². The highest BCUT2D eigenvalue weighted by Crippen LogP contribution is 2.35. The average Bonchev–Trinajstić information content (AvgIpc) is 3.07. The minimum atomic E-state index is 0.441. The molecule has 2 aromatic rings. The molecule has 2 heteroatoms. The van der Waals surface area contributed by atoms with Gasteiger partial charge in [0.1, 0.15) is 5.58 Å². The summed E-state index contributed by atoms with van der Waals surface area (Å²) in [6.07, 6.45) is 8.82. The first kappa shape index (κ1) is 12.7. The van der Waals surface area contributed by atoms with Crippen LogP contribution in [0, 0.1) is 5.92 Å². The average molecular weight is 257 g/mol. The molecule has 1 fully saturated rings. The number of hydrogen-bond donors (Lipinski definition) is 1. The maximum absolute atomic E-state index is 5.70. The van der Waals surface area contributed by atoms with Gasteiger partial charge in [-0.1, -0.05) is 50.8 Å². The van der Waals surface area contributed by atoms with Gasteiger partial charge in [0, 0.05) is 17.0 Å². The highest BCUT2D eigenvalue weighted by molar-refractivity contribution is 5.81. The van der Waals surface area contributed by atoms with Crippen molar-refractivity contribution in [2.75, 3.05) is 6.54 Å². The van der Waals surface area contributed by atoms with Crippen molar-refractivity contribution in [3.63, 3.8) is 0 Å². The number of hydrogen-bond acceptors (Lipinski definition) is 2. The van der Waals surface area contributed by atoms with E-state index in [0.29, 0.717) is 6.04 Å². The number of benzene rings is 1. The lowest BCUT2D eigenvalue weighted by Crippen LogP contribution is -2.22. The Balaban J connectivity index is 1.85. The standard InChI is InChI=1S/C17H23NO/c1-2-18-16(11-13-7-3-4-8-13)15-12-19-17-10-6-5-9-14(15)17/h5-6,9-10,12-13,16,18H,2-4,7-8,11H2,1H3. The van der Waals surface area contributed by atoms with E-state index < -0.39 is 0 Å². The highest BCUT2D eigenvalue weighted by Gasteiger charge is 2.23. The molecule has 1 aliphatic rings. The molecular formula is C17H23NO. The van der Waals surface area contributed by atoms with Gasteiger partial charge in [-0.2, -0.15) is 0 Å². The maximum Gasteiger partial charge on any atom is 0.134 e. The summed E-state index contributed by atoms with van der Waals surface area (Å²) in [5, 5.41) is 4.91. The molecule has 1 atom stereocenters. The first-order valence-corrected chi connectivity index (χ1v) is 7.58. The van der Waals surface area contributed by atoms with Gasteiger partial charge in [-0.3, -0.25) is 0 Å². The van der Waals surface area contributed by atoms with Gasteiger partial charge in [0.25, 0.3) is 0 Å². The van der Waals surface area contributed by atoms with Crippen LogP contribution in [0.25, 0.3) is 11.0 Å². The molecule has 2 nitrogen and oxygen atoms in total. The van der Waals surface area contributed by atoms with Crippen molar-refractivity contribution in [2.24, 2.45) is 5.92 Å². The normalized spacial score (nSPS) is 18.2. The molecule has 0 spiro atoms. The predicted molar refractivity (Wildman–Crippen MR) is 79.2 cm³/mol. The van der Waals surface area contributed by atoms with E-state index in [1.165, 1.54) is 43.1 Å². The van der Waals surface area contributed by atoms with Gasteiger partial charge in [-0.25, -0.2) is 0 Å². The second kappa shape index (κ2) is 5.79. The summed E-state index contributed by atoms with van der Waals surface area (Å²) in [7, 11) is 0. The van der Waals surface area contributed by atoms with E-state index in [4.69, 9.17) is 4.42 Å². The van der Waals surface area contributed by atoms with Crippen LogP contribution >= 0.6 is 0 Å². The van der Waals surface area contributed by atoms with Crippen molar-refractivity contribution in [1.29, 1.82) is 0 Å². The van der Waals surface area contributed by atoms with Gasteiger partial charge in [-0.15, -0.1) is 0 Å². The zero-order valence-corrected chi connectivity index (χ0v) is 11.7. The molecular weight excluding hydrogens is 234 g/mol. The Morgan fingerprint density at radius 1 is 1.26 bits per heavy atom. The topological polar surface area (TPSA) is 25.2 Å². The molecule has 19 heavy (non-hydrogen) atoms. The van der Waals surface area contributed by atoms with Crippen LogP contribution in [0.2, 0.25) is 0 Å². The SMILES string of the molecule is CCNC(CC1CCCC1)c1coc2ccccc12. The van der Waals surface area contributed by atoms with E-state index in [2.05, 4.69) is 30.4 Å². The van der Waals surface area contributed by atoms with Crippen LogP contribution in [0.5, 0.6) is 0 Å². The monoisotopic (exact) mass is 257 g/mol. The molecule has 1 aromatic heterocycles. The van der Waals surface area contributed by atoms with Crippen molar-refractivity contribution in [1.82, 2.24) is 5.32 Å². The number of furan rings is 1. The number of rotatable bonds is 5. The van der Waals surface area contributed by atoms with Gasteiger partial charge in [0.15, 0.2) is 0 Å². The van der Waals surface area contributed by atoms with Crippen LogP contribution < -0.4 is 5.32 Å². The maximum atomic E-state index is 5.70. The molecule has 3 rings (SSSR count). The van der Waals surface area contributed by atoms with Crippen molar-refractivity contribution >= 4 is 11.0 Å². The summed E-state index contributed by atoms with van der Waals surface area (Å²) in [6, 6.07) is 8.80. The van der Waals surface area contributed by atoms with Crippen LogP contribution in [0.4, 0.5) is 0 Å². The third-order valence-corrected chi connectivity index (χ3v) is 4.38. The fourth-order valence-corrected chi connectivity index (χ4v) is 3.41. The van der Waals surface area contributed by atoms with Gasteiger partial charge >= 0.3 is 0 Å². The van der Waals surface area contributed by atoms with Gasteiger partial charge in [-0.05, 0) is 24.9 Å². The zero-order chi connectivity index (χ0) is 13.1. The van der Waals surface area contributed by atoms with Crippen molar-refractivity contribution in [3.05, 3.63) is 36.1 Å². The molecule has 1 unspecified atom stereocenters. The zero-order valence-electron chi connectivity index (χ0n) is 11.7. The minimum absolute atomic E-state index is 0.441. The van der Waals surface area contributed by atoms with Crippen molar-refractivity contribution in [2.45, 2.75) is 45.1 Å². The van der Waals surface area contributed by atoms with Crippen LogP contribution in [-0.4, -0.2) is 6.54 Å². The molecule has 0 bridgehead atoms. The molecule has 1 saturated carbocycles. The predicted octanol–water partition coefficient (Wildman–Crippen LogP) is 4.66. The van der Waals surface area contributed by atoms with E-state index in [1.54, 1.807) is 0 Å². The second-order valence-electron chi connectivity index (χ2n) is 5.68. The number of fused-ring (bicyclic) bond motifs is 1. The quantitative estimate of drug-likeness (QED) is 0.842. The first-order chi connectivity index (χ1) is 9.38. The lowest BCUT2D eigenvalue weighted by Gasteiger charge is -2.20. The van der Waals surface area contributed by atoms with Crippen LogP contribution in [0.3, 0.4) is 0 Å². The summed E-state index contributed by atoms with van der Waals surface area (Å²) in [5.74, 6) is 0.887. The van der Waals surface area contributed by atoms with Crippen LogP contribution in [-0.2, 0) is 0 Å². The van der Waals surface area contributed by atoms with E-state index in [1.807, 2.05) is 12.3 Å². The molecule has 0 saturated heterocycles. The van der Waals surface area contributed by atoms with Crippen LogP contribution in [0.1, 0.15) is 50.6 Å². The summed E-state index contributed by atoms with van der Waals surface area (Å²) in [6.45, 7) is 3.20. The lowest BCUT2D eigenvalue weighted by molar-refractivity contribution is 0.399. The summed E-state index contributed by atoms with van der Waals surface area (Å²) in [4.78, 5) is 0. The number of nitrogens with one attached hydrogen (secondary N) is 1. The van der Waals surface area contributed by atoms with E-state index >= 15 is 0 Å². The molecule has 1 aromatic carbocycles. The second-order valence-corrected chi connectivity index (χ2v) is 5.68. The van der Waals surface area contributed by atoms with Gasteiger partial charge in [0.05, 0.1) is 6.26 Å². The van der Waals surface area contributed by atoms with Gasteiger partial charge in [0.2, 0.25) is 0 Å². The Bertz CT molecular complexity index is 525. The summed E-state index contributed by atoms with van der Waals surface area (Å²) < 4.78 is 5.70. The van der Waals surface area contributed by atoms with Crippen molar-refractivity contribution in [3.8, 4) is 0 Å². The van der Waals surface area contributed by atoms with E-state index in [9.17, 15) is 0 Å². The molecule has 1 heterocycles. The smallest absolute Gasteiger partial charge is 0.134 e. The Morgan fingerprint density at radius 3 is 2.84 bits per heavy atom. The highest BCUT2D eigenvalue weighted by atomic mass is 16.3. The third kappa shape index (κ3) is 2.69. The van der Waals surface area contributed by atoms with Gasteiger partial charge < -0.3 is 9.73 Å². The Labute approximate surface area is 115 Å². The third-order valence-electron chi connectivity index (χ3n) is 4.38. The molecule has 1 N–H and O–H groups in total. The fraction of sp³-hybridized carbons (Fsp3) is 0.529. The summed E-state index contributed by atoms with van der Waals surface area (Å²) >= 11 is 0. The molecule has 1 aliphatic carbocycles. The minimum Gasteiger partial charge on any atom is -0.464 e. The lowest BCUT2D eigenvalue weighted by atomic mass is 9.93. The molecule has 0 amide bonds. The van der Waals surface area contributed by atoms with Crippen molar-refractivity contribution < 1.29 is 4.42 Å². The largest absolute Gasteiger partial charge is 0.464 e. The molecule has 0 radical (unpaired) electrons. The first-order valence-electron chi connectivity index (χ1n) is 7.58. The van der Waals surface area contributed by atoms with E-state index in [0.717, 1.165) is 18.0 Å². The summed E-state index contributed by atoms with van der Waals surface area (Å²) in [5.41, 5.74) is 2.34. The van der Waals surface area contributed by atoms with E-state index in [-0.39, 0.29) is 0 Å². The molecule has 0 aliphatic heterocycles. The fourth-order valence-electron chi connectivity index (χ4n) is 3.41. The Morgan fingerprint density at radius 2 is 2.05 bits per heavy atom. The Kier molecular flexibility index (Phi) is 3.88. The number of para-hydroxylation sites is 1. The molecule has 102 valence electrons.